The fourth-order valence-electron chi connectivity index (χ4n) is 1.91. The SMILES string of the molecule is C[C@H]1O[C@@H](c2ccccc2)O[C@@H](CC=O)[C@@H]1O. The Hall–Kier alpha value is -1.23. The highest BCUT2D eigenvalue weighted by molar-refractivity contribution is 5.50. The molecule has 0 amide bonds. The Kier molecular flexibility index (Phi) is 3.89. The summed E-state index contributed by atoms with van der Waals surface area (Å²) in [5, 5.41) is 9.82. The van der Waals surface area contributed by atoms with Crippen molar-refractivity contribution >= 4 is 6.29 Å². The van der Waals surface area contributed by atoms with Crippen molar-refractivity contribution in [1.82, 2.24) is 0 Å². The summed E-state index contributed by atoms with van der Waals surface area (Å²) in [4.78, 5) is 10.5. The maximum Gasteiger partial charge on any atom is 0.184 e. The molecular formula is C13H16O4. The van der Waals surface area contributed by atoms with Crippen molar-refractivity contribution in [2.75, 3.05) is 0 Å². The molecule has 0 radical (unpaired) electrons. The molecule has 1 saturated heterocycles. The summed E-state index contributed by atoms with van der Waals surface area (Å²) in [7, 11) is 0. The summed E-state index contributed by atoms with van der Waals surface area (Å²) in [6.45, 7) is 1.78. The van der Waals surface area contributed by atoms with Crippen molar-refractivity contribution in [2.45, 2.75) is 37.9 Å². The normalized spacial score (nSPS) is 33.3. The molecule has 1 N–H and O–H groups in total. The lowest BCUT2D eigenvalue weighted by Crippen LogP contribution is -2.46. The summed E-state index contributed by atoms with van der Waals surface area (Å²) in [6.07, 6.45) is -1.19. The van der Waals surface area contributed by atoms with Gasteiger partial charge in [-0.05, 0) is 6.92 Å². The lowest BCUT2D eigenvalue weighted by molar-refractivity contribution is -0.283. The Morgan fingerprint density at radius 3 is 2.65 bits per heavy atom. The van der Waals surface area contributed by atoms with E-state index < -0.39 is 18.5 Å². The van der Waals surface area contributed by atoms with Gasteiger partial charge in [-0.15, -0.1) is 0 Å². The molecule has 1 heterocycles. The highest BCUT2D eigenvalue weighted by Crippen LogP contribution is 2.30. The van der Waals surface area contributed by atoms with Crippen LogP contribution in [0.3, 0.4) is 0 Å². The third kappa shape index (κ3) is 2.72. The van der Waals surface area contributed by atoms with Gasteiger partial charge in [-0.1, -0.05) is 30.3 Å². The summed E-state index contributed by atoms with van der Waals surface area (Å²) in [5.41, 5.74) is 0.891. The monoisotopic (exact) mass is 236 g/mol. The number of aliphatic hydroxyl groups is 1. The van der Waals surface area contributed by atoms with Gasteiger partial charge in [0.2, 0.25) is 0 Å². The van der Waals surface area contributed by atoms with E-state index >= 15 is 0 Å². The largest absolute Gasteiger partial charge is 0.388 e. The third-order valence-corrected chi connectivity index (χ3v) is 2.90. The minimum atomic E-state index is -0.764. The van der Waals surface area contributed by atoms with Crippen LogP contribution in [0.1, 0.15) is 25.2 Å². The van der Waals surface area contributed by atoms with E-state index in [2.05, 4.69) is 0 Å². The van der Waals surface area contributed by atoms with Crippen LogP contribution in [-0.2, 0) is 14.3 Å². The zero-order chi connectivity index (χ0) is 12.3. The summed E-state index contributed by atoms with van der Waals surface area (Å²) >= 11 is 0. The molecule has 1 aromatic rings. The molecule has 0 aromatic heterocycles. The number of ether oxygens (including phenoxy) is 2. The molecule has 0 bridgehead atoms. The molecule has 4 nitrogen and oxygen atoms in total. The first kappa shape index (κ1) is 12.2. The molecule has 92 valence electrons. The van der Waals surface area contributed by atoms with Crippen LogP contribution in [-0.4, -0.2) is 29.7 Å². The zero-order valence-corrected chi connectivity index (χ0v) is 9.65. The van der Waals surface area contributed by atoms with Crippen molar-refractivity contribution in [3.8, 4) is 0 Å². The first-order valence-electron chi connectivity index (χ1n) is 5.70. The number of aliphatic hydroxyl groups excluding tert-OH is 1. The van der Waals surface area contributed by atoms with Crippen LogP contribution >= 0.6 is 0 Å². The standard InChI is InChI=1S/C13H16O4/c1-9-12(15)11(7-8-14)17-13(16-9)10-5-3-2-4-6-10/h2-6,8-9,11-13,15H,7H2,1H3/t9-,11+,12-,13-/m1/s1. The van der Waals surface area contributed by atoms with Gasteiger partial charge >= 0.3 is 0 Å². The second-order valence-corrected chi connectivity index (χ2v) is 4.15. The average molecular weight is 236 g/mol. The summed E-state index contributed by atoms with van der Waals surface area (Å²) in [5.74, 6) is 0. The molecule has 0 unspecified atom stereocenters. The van der Waals surface area contributed by atoms with Gasteiger partial charge in [0, 0.05) is 12.0 Å². The minimum Gasteiger partial charge on any atom is -0.388 e. The molecule has 4 atom stereocenters. The van der Waals surface area contributed by atoms with E-state index in [1.54, 1.807) is 6.92 Å². The Morgan fingerprint density at radius 1 is 1.29 bits per heavy atom. The lowest BCUT2D eigenvalue weighted by Gasteiger charge is -2.37. The maximum atomic E-state index is 10.5. The number of benzene rings is 1. The number of carbonyl (C=O) groups excluding carboxylic acids is 1. The predicted octanol–water partition coefficient (Wildman–Crippen LogP) is 1.44. The lowest BCUT2D eigenvalue weighted by atomic mass is 10.0. The number of carbonyl (C=O) groups is 1. The molecule has 1 aliphatic heterocycles. The Labute approximate surface area is 100 Å². The summed E-state index contributed by atoms with van der Waals surface area (Å²) in [6, 6.07) is 9.49. The van der Waals surface area contributed by atoms with Crippen molar-refractivity contribution < 1.29 is 19.4 Å². The van der Waals surface area contributed by atoms with E-state index in [1.807, 2.05) is 30.3 Å². The number of hydrogen-bond acceptors (Lipinski definition) is 4. The van der Waals surface area contributed by atoms with Gasteiger partial charge in [0.1, 0.15) is 12.4 Å². The second kappa shape index (κ2) is 5.40. The molecule has 0 saturated carbocycles. The van der Waals surface area contributed by atoms with Crippen LogP contribution in [0.25, 0.3) is 0 Å². The molecule has 1 aromatic carbocycles. The van der Waals surface area contributed by atoms with E-state index in [0.29, 0.717) is 0 Å². The maximum absolute atomic E-state index is 10.5. The van der Waals surface area contributed by atoms with Crippen LogP contribution in [0.5, 0.6) is 0 Å². The van der Waals surface area contributed by atoms with Gasteiger partial charge in [0.15, 0.2) is 6.29 Å². The number of hydrogen-bond donors (Lipinski definition) is 1. The first-order chi connectivity index (χ1) is 8.22. The zero-order valence-electron chi connectivity index (χ0n) is 9.65. The smallest absolute Gasteiger partial charge is 0.184 e. The Morgan fingerprint density at radius 2 is 2.00 bits per heavy atom. The van der Waals surface area contributed by atoms with E-state index in [1.165, 1.54) is 0 Å². The van der Waals surface area contributed by atoms with E-state index in [0.717, 1.165) is 11.8 Å². The highest BCUT2D eigenvalue weighted by Gasteiger charge is 2.36. The molecule has 2 rings (SSSR count). The van der Waals surface area contributed by atoms with Gasteiger partial charge < -0.3 is 19.4 Å². The van der Waals surface area contributed by atoms with Crippen LogP contribution in [0, 0.1) is 0 Å². The van der Waals surface area contributed by atoms with Crippen molar-refractivity contribution in [3.63, 3.8) is 0 Å². The molecule has 0 spiro atoms. The van der Waals surface area contributed by atoms with Gasteiger partial charge in [0.25, 0.3) is 0 Å². The van der Waals surface area contributed by atoms with Crippen LogP contribution in [0.2, 0.25) is 0 Å². The topological polar surface area (TPSA) is 55.8 Å². The number of rotatable bonds is 3. The van der Waals surface area contributed by atoms with Crippen molar-refractivity contribution in [2.24, 2.45) is 0 Å². The fraction of sp³-hybridized carbons (Fsp3) is 0.462. The summed E-state index contributed by atoms with van der Waals surface area (Å²) < 4.78 is 11.2. The first-order valence-corrected chi connectivity index (χ1v) is 5.70. The Balaban J connectivity index is 2.13. The predicted molar refractivity (Wildman–Crippen MR) is 61.3 cm³/mol. The molecular weight excluding hydrogens is 220 g/mol. The molecule has 1 fully saturated rings. The van der Waals surface area contributed by atoms with Gasteiger partial charge in [-0.25, -0.2) is 0 Å². The minimum absolute atomic E-state index is 0.179. The van der Waals surface area contributed by atoms with Gasteiger partial charge in [-0.2, -0.15) is 0 Å². The molecule has 4 heteroatoms. The highest BCUT2D eigenvalue weighted by atomic mass is 16.7. The van der Waals surface area contributed by atoms with Crippen molar-refractivity contribution in [1.29, 1.82) is 0 Å². The van der Waals surface area contributed by atoms with Gasteiger partial charge in [0.05, 0.1) is 12.2 Å². The van der Waals surface area contributed by atoms with Crippen molar-refractivity contribution in [3.05, 3.63) is 35.9 Å². The van der Waals surface area contributed by atoms with Crippen LogP contribution in [0.4, 0.5) is 0 Å². The Bertz CT molecular complexity index is 365. The average Bonchev–Trinajstić information content (AvgIpc) is 2.36. The fourth-order valence-corrected chi connectivity index (χ4v) is 1.91. The van der Waals surface area contributed by atoms with Crippen LogP contribution < -0.4 is 0 Å². The molecule has 0 aliphatic carbocycles. The van der Waals surface area contributed by atoms with Gasteiger partial charge in [-0.3, -0.25) is 0 Å². The molecule has 17 heavy (non-hydrogen) atoms. The second-order valence-electron chi connectivity index (χ2n) is 4.15. The van der Waals surface area contributed by atoms with E-state index in [4.69, 9.17) is 9.47 Å². The van der Waals surface area contributed by atoms with E-state index in [9.17, 15) is 9.90 Å². The van der Waals surface area contributed by atoms with Crippen LogP contribution in [0.15, 0.2) is 30.3 Å². The molecule has 1 aliphatic rings. The third-order valence-electron chi connectivity index (χ3n) is 2.90. The quantitative estimate of drug-likeness (QED) is 0.807. The number of aldehydes is 1. The van der Waals surface area contributed by atoms with E-state index in [-0.39, 0.29) is 12.5 Å².